The van der Waals surface area contributed by atoms with E-state index in [-0.39, 0.29) is 11.8 Å². The summed E-state index contributed by atoms with van der Waals surface area (Å²) in [7, 11) is 1.52. The van der Waals surface area contributed by atoms with Crippen LogP contribution in [0.1, 0.15) is 22.3 Å². The molecule has 2 amide bonds. The molecule has 33 heavy (non-hydrogen) atoms. The molecule has 5 nitrogen and oxygen atoms in total. The van der Waals surface area contributed by atoms with Crippen LogP contribution in [-0.2, 0) is 16.0 Å². The van der Waals surface area contributed by atoms with Crippen LogP contribution in [0.4, 0.5) is 11.4 Å². The SMILES string of the molecule is COc1ccc(N2C(=O)C(c3ccc(C)c(C)c3)=C(N3CCc4ccccc43)C2=O)cc1Cl. The lowest BCUT2D eigenvalue weighted by Gasteiger charge is -2.22. The molecule has 0 N–H and O–H groups in total. The third-order valence-corrected chi connectivity index (χ3v) is 6.70. The number of aryl methyl sites for hydroxylation is 2. The fourth-order valence-electron chi connectivity index (χ4n) is 4.53. The number of anilines is 2. The normalized spacial score (nSPS) is 15.5. The number of imide groups is 1. The highest BCUT2D eigenvalue weighted by Crippen LogP contribution is 2.41. The number of carbonyl (C=O) groups excluding carboxylic acids is 2. The van der Waals surface area contributed by atoms with E-state index in [4.69, 9.17) is 16.3 Å². The maximum atomic E-state index is 13.8. The molecule has 166 valence electrons. The number of hydrogen-bond acceptors (Lipinski definition) is 4. The Kier molecular flexibility index (Phi) is 5.22. The summed E-state index contributed by atoms with van der Waals surface area (Å²) < 4.78 is 5.23. The number of carbonyl (C=O) groups is 2. The van der Waals surface area contributed by atoms with Crippen molar-refractivity contribution in [3.8, 4) is 5.75 Å². The molecule has 3 aromatic rings. The molecule has 0 bridgehead atoms. The second-order valence-electron chi connectivity index (χ2n) is 8.32. The summed E-state index contributed by atoms with van der Waals surface area (Å²) in [6, 6.07) is 18.8. The molecule has 0 saturated heterocycles. The highest BCUT2D eigenvalue weighted by Gasteiger charge is 2.44. The zero-order valence-corrected chi connectivity index (χ0v) is 19.4. The fraction of sp³-hybridized carbons (Fsp3) is 0.185. The number of methoxy groups -OCH3 is 1. The van der Waals surface area contributed by atoms with Crippen LogP contribution in [-0.4, -0.2) is 25.5 Å². The molecule has 5 rings (SSSR count). The van der Waals surface area contributed by atoms with Crippen LogP contribution in [0.2, 0.25) is 5.02 Å². The van der Waals surface area contributed by atoms with Crippen LogP contribution in [0, 0.1) is 13.8 Å². The van der Waals surface area contributed by atoms with E-state index in [0.717, 1.165) is 34.4 Å². The standard InChI is InChI=1S/C27H23ClN2O3/c1-16-8-9-19(14-17(16)2)24-25(29-13-12-18-6-4-5-7-22(18)29)27(32)30(26(24)31)20-10-11-23(33-3)21(28)15-20/h4-11,14-15H,12-13H2,1-3H3. The molecule has 6 heteroatoms. The summed E-state index contributed by atoms with van der Waals surface area (Å²) in [5, 5.41) is 0.336. The Hall–Kier alpha value is -3.57. The van der Waals surface area contributed by atoms with Crippen molar-refractivity contribution in [2.45, 2.75) is 20.3 Å². The van der Waals surface area contributed by atoms with Gasteiger partial charge >= 0.3 is 0 Å². The van der Waals surface area contributed by atoms with Crippen molar-refractivity contribution in [2.75, 3.05) is 23.5 Å². The van der Waals surface area contributed by atoms with Gasteiger partial charge in [0.1, 0.15) is 11.4 Å². The largest absolute Gasteiger partial charge is 0.495 e. The Morgan fingerprint density at radius 2 is 1.70 bits per heavy atom. The van der Waals surface area contributed by atoms with E-state index in [1.165, 1.54) is 12.0 Å². The topological polar surface area (TPSA) is 49.9 Å². The molecule has 0 radical (unpaired) electrons. The lowest BCUT2D eigenvalue weighted by molar-refractivity contribution is -0.120. The Morgan fingerprint density at radius 3 is 2.42 bits per heavy atom. The first kappa shape index (κ1) is 21.3. The van der Waals surface area contributed by atoms with Crippen molar-refractivity contribution < 1.29 is 14.3 Å². The molecule has 2 heterocycles. The quantitative estimate of drug-likeness (QED) is 0.497. The maximum Gasteiger partial charge on any atom is 0.282 e. The summed E-state index contributed by atoms with van der Waals surface area (Å²) in [5.41, 5.74) is 6.28. The monoisotopic (exact) mass is 458 g/mol. The Morgan fingerprint density at radius 1 is 0.909 bits per heavy atom. The molecule has 0 atom stereocenters. The number of hydrogen-bond donors (Lipinski definition) is 0. The number of benzene rings is 3. The second-order valence-corrected chi connectivity index (χ2v) is 8.72. The zero-order valence-electron chi connectivity index (χ0n) is 18.7. The smallest absolute Gasteiger partial charge is 0.282 e. The van der Waals surface area contributed by atoms with E-state index in [1.807, 2.05) is 55.1 Å². The van der Waals surface area contributed by atoms with Crippen LogP contribution < -0.4 is 14.5 Å². The van der Waals surface area contributed by atoms with Crippen LogP contribution in [0.25, 0.3) is 5.57 Å². The van der Waals surface area contributed by atoms with Gasteiger partial charge in [-0.15, -0.1) is 0 Å². The van der Waals surface area contributed by atoms with Gasteiger partial charge in [0, 0.05) is 12.2 Å². The van der Waals surface area contributed by atoms with Crippen molar-refractivity contribution in [3.05, 3.63) is 93.6 Å². The number of amides is 2. The number of fused-ring (bicyclic) bond motifs is 1. The van der Waals surface area contributed by atoms with Crippen LogP contribution in [0.5, 0.6) is 5.75 Å². The molecular weight excluding hydrogens is 436 g/mol. The van der Waals surface area contributed by atoms with Crippen molar-refractivity contribution in [1.29, 1.82) is 0 Å². The lowest BCUT2D eigenvalue weighted by Crippen LogP contribution is -2.34. The van der Waals surface area contributed by atoms with Crippen molar-refractivity contribution in [3.63, 3.8) is 0 Å². The van der Waals surface area contributed by atoms with Crippen molar-refractivity contribution in [1.82, 2.24) is 0 Å². The Bertz CT molecular complexity index is 1340. The number of nitrogens with zero attached hydrogens (tertiary/aromatic N) is 2. The summed E-state index contributed by atoms with van der Waals surface area (Å²) in [6.07, 6.45) is 0.815. The third-order valence-electron chi connectivity index (χ3n) is 6.41. The van der Waals surface area contributed by atoms with Gasteiger partial charge in [0.25, 0.3) is 11.8 Å². The minimum absolute atomic E-state index is 0.336. The second kappa shape index (κ2) is 8.09. The first-order chi connectivity index (χ1) is 15.9. The van der Waals surface area contributed by atoms with Gasteiger partial charge in [-0.25, -0.2) is 4.90 Å². The summed E-state index contributed by atoms with van der Waals surface area (Å²) >= 11 is 6.33. The predicted octanol–water partition coefficient (Wildman–Crippen LogP) is 5.31. The fourth-order valence-corrected chi connectivity index (χ4v) is 4.78. The van der Waals surface area contributed by atoms with Gasteiger partial charge in [-0.05, 0) is 66.8 Å². The van der Waals surface area contributed by atoms with Gasteiger partial charge in [-0.2, -0.15) is 0 Å². The maximum absolute atomic E-state index is 13.8. The Labute approximate surface area is 197 Å². The lowest BCUT2D eigenvalue weighted by atomic mass is 9.99. The molecule has 2 aliphatic rings. The number of para-hydroxylation sites is 1. The molecule has 0 aliphatic carbocycles. The molecule has 2 aliphatic heterocycles. The third kappa shape index (κ3) is 3.40. The van der Waals surface area contributed by atoms with E-state index in [1.54, 1.807) is 18.2 Å². The van der Waals surface area contributed by atoms with Gasteiger partial charge in [0.2, 0.25) is 0 Å². The minimum Gasteiger partial charge on any atom is -0.495 e. The molecule has 3 aromatic carbocycles. The highest BCUT2D eigenvalue weighted by atomic mass is 35.5. The summed E-state index contributed by atoms with van der Waals surface area (Å²) in [4.78, 5) is 30.8. The number of rotatable bonds is 4. The molecule has 0 aromatic heterocycles. The molecule has 0 fully saturated rings. The van der Waals surface area contributed by atoms with Gasteiger partial charge in [0.05, 0.1) is 23.4 Å². The first-order valence-electron chi connectivity index (χ1n) is 10.8. The van der Waals surface area contributed by atoms with E-state index in [0.29, 0.717) is 34.3 Å². The molecular formula is C27H23ClN2O3. The highest BCUT2D eigenvalue weighted by molar-refractivity contribution is 6.46. The molecule has 0 saturated carbocycles. The van der Waals surface area contributed by atoms with E-state index >= 15 is 0 Å². The predicted molar refractivity (Wildman–Crippen MR) is 131 cm³/mol. The number of halogens is 1. The van der Waals surface area contributed by atoms with Crippen LogP contribution >= 0.6 is 11.6 Å². The minimum atomic E-state index is -0.358. The summed E-state index contributed by atoms with van der Waals surface area (Å²) in [6.45, 7) is 4.67. The zero-order chi connectivity index (χ0) is 23.3. The first-order valence-corrected chi connectivity index (χ1v) is 11.2. The van der Waals surface area contributed by atoms with Gasteiger partial charge < -0.3 is 9.64 Å². The average molecular weight is 459 g/mol. The van der Waals surface area contributed by atoms with Gasteiger partial charge in [0.15, 0.2) is 0 Å². The van der Waals surface area contributed by atoms with Gasteiger partial charge in [-0.3, -0.25) is 9.59 Å². The molecule has 0 unspecified atom stereocenters. The van der Waals surface area contributed by atoms with Crippen molar-refractivity contribution in [2.24, 2.45) is 0 Å². The average Bonchev–Trinajstić information content (AvgIpc) is 3.33. The van der Waals surface area contributed by atoms with Crippen molar-refractivity contribution >= 4 is 40.4 Å². The Balaban J connectivity index is 1.68. The van der Waals surface area contributed by atoms with Gasteiger partial charge in [-0.1, -0.05) is 48.0 Å². The van der Waals surface area contributed by atoms with E-state index < -0.39 is 0 Å². The van der Waals surface area contributed by atoms with Crippen LogP contribution in [0.3, 0.4) is 0 Å². The summed E-state index contributed by atoms with van der Waals surface area (Å²) in [5.74, 6) is -0.231. The number of ether oxygens (including phenoxy) is 1. The van der Waals surface area contributed by atoms with E-state index in [9.17, 15) is 9.59 Å². The molecule has 0 spiro atoms. The van der Waals surface area contributed by atoms with Crippen LogP contribution in [0.15, 0.2) is 66.4 Å². The van der Waals surface area contributed by atoms with E-state index in [2.05, 4.69) is 6.07 Å².